The van der Waals surface area contributed by atoms with Gasteiger partial charge in [-0.1, -0.05) is 12.1 Å². The molecule has 1 heterocycles. The van der Waals surface area contributed by atoms with Crippen LogP contribution in [-0.4, -0.2) is 23.0 Å². The summed E-state index contributed by atoms with van der Waals surface area (Å²) >= 11 is 0. The molecule has 0 spiro atoms. The number of hydrogen-bond acceptors (Lipinski definition) is 4. The largest absolute Gasteiger partial charge is 0.508 e. The number of carbonyl (C=O) groups excluding carboxylic acids is 3. The van der Waals surface area contributed by atoms with E-state index in [2.05, 4.69) is 0 Å². The maximum Gasteiger partial charge on any atom is 0.328 e. The zero-order valence-electron chi connectivity index (χ0n) is 8.77. The Bertz CT molecular complexity index is 461. The van der Waals surface area contributed by atoms with Crippen LogP contribution in [-0.2, 0) is 16.0 Å². The van der Waals surface area contributed by atoms with Crippen molar-refractivity contribution < 1.29 is 19.5 Å². The van der Waals surface area contributed by atoms with Crippen LogP contribution in [0.25, 0.3) is 0 Å². The van der Waals surface area contributed by atoms with Gasteiger partial charge in [0.05, 0.1) is 0 Å². The molecule has 0 bridgehead atoms. The molecule has 6 nitrogen and oxygen atoms in total. The lowest BCUT2D eigenvalue weighted by atomic mass is 9.96. The molecule has 0 saturated carbocycles. The zero-order chi connectivity index (χ0) is 12.4. The number of rotatable bonds is 2. The van der Waals surface area contributed by atoms with Gasteiger partial charge in [0.15, 0.2) is 0 Å². The minimum absolute atomic E-state index is 0.112. The molecule has 0 radical (unpaired) electrons. The third-order valence-electron chi connectivity index (χ3n) is 2.48. The van der Waals surface area contributed by atoms with Gasteiger partial charge in [-0.25, -0.2) is 4.79 Å². The summed E-state index contributed by atoms with van der Waals surface area (Å²) in [7, 11) is 0. The molecule has 2 rings (SSSR count). The van der Waals surface area contributed by atoms with Crippen molar-refractivity contribution >= 4 is 17.8 Å². The maximum atomic E-state index is 11.4. The van der Waals surface area contributed by atoms with Gasteiger partial charge in [0.1, 0.15) is 11.7 Å². The Balaban J connectivity index is 2.12. The molecule has 1 aliphatic heterocycles. The van der Waals surface area contributed by atoms with Crippen molar-refractivity contribution in [3.05, 3.63) is 29.8 Å². The molecule has 1 aromatic rings. The normalized spacial score (nSPS) is 16.6. The van der Waals surface area contributed by atoms with E-state index in [1.807, 2.05) is 10.6 Å². The van der Waals surface area contributed by atoms with Crippen LogP contribution in [0.1, 0.15) is 5.56 Å². The van der Waals surface area contributed by atoms with Crippen molar-refractivity contribution in [1.29, 1.82) is 0 Å². The Hall–Kier alpha value is -2.37. The van der Waals surface area contributed by atoms with Crippen LogP contribution in [0.15, 0.2) is 24.3 Å². The van der Waals surface area contributed by atoms with Crippen LogP contribution in [0, 0.1) is 5.92 Å². The lowest BCUT2D eigenvalue weighted by molar-refractivity contribution is -0.135. The average Bonchev–Trinajstić information content (AvgIpc) is 2.26. The Morgan fingerprint density at radius 3 is 2.06 bits per heavy atom. The van der Waals surface area contributed by atoms with Gasteiger partial charge >= 0.3 is 6.03 Å². The number of nitrogens with one attached hydrogen (secondary N) is 2. The average molecular weight is 234 g/mol. The number of barbiturate groups is 1. The number of urea groups is 1. The highest BCUT2D eigenvalue weighted by Crippen LogP contribution is 2.15. The number of phenolic OH excluding ortho intramolecular Hbond substituents is 1. The Kier molecular flexibility index (Phi) is 2.78. The highest BCUT2D eigenvalue weighted by Gasteiger charge is 2.33. The monoisotopic (exact) mass is 234 g/mol. The molecule has 1 fully saturated rings. The fourth-order valence-corrected chi connectivity index (χ4v) is 1.60. The van der Waals surface area contributed by atoms with Gasteiger partial charge in [0.25, 0.3) is 0 Å². The Morgan fingerprint density at radius 2 is 1.53 bits per heavy atom. The molecule has 1 aromatic carbocycles. The Morgan fingerprint density at radius 1 is 1.00 bits per heavy atom. The van der Waals surface area contributed by atoms with Gasteiger partial charge in [0, 0.05) is 0 Å². The van der Waals surface area contributed by atoms with Gasteiger partial charge < -0.3 is 5.11 Å². The first-order valence-corrected chi connectivity index (χ1v) is 5.00. The molecule has 3 N–H and O–H groups in total. The SMILES string of the molecule is O=C1NC(=O)C(Cc2ccc(O)cc2)C(=O)N1. The van der Waals surface area contributed by atoms with E-state index in [9.17, 15) is 14.4 Å². The minimum Gasteiger partial charge on any atom is -0.508 e. The van der Waals surface area contributed by atoms with E-state index in [0.717, 1.165) is 5.56 Å². The maximum absolute atomic E-state index is 11.4. The molecule has 17 heavy (non-hydrogen) atoms. The smallest absolute Gasteiger partial charge is 0.328 e. The van der Waals surface area contributed by atoms with E-state index < -0.39 is 23.8 Å². The molecule has 0 atom stereocenters. The highest BCUT2D eigenvalue weighted by atomic mass is 16.3. The number of phenols is 1. The molecule has 0 unspecified atom stereocenters. The molecule has 1 saturated heterocycles. The standard InChI is InChI=1S/C11H10N2O4/c14-7-3-1-6(2-4-7)5-8-9(15)12-11(17)13-10(8)16/h1-4,8,14H,5H2,(H2,12,13,15,16,17). The topological polar surface area (TPSA) is 95.5 Å². The lowest BCUT2D eigenvalue weighted by Gasteiger charge is -2.20. The second-order valence-electron chi connectivity index (χ2n) is 3.73. The van der Waals surface area contributed by atoms with Gasteiger partial charge in [-0.2, -0.15) is 0 Å². The molecular formula is C11H10N2O4. The summed E-state index contributed by atoms with van der Waals surface area (Å²) in [5.74, 6) is -2.02. The van der Waals surface area contributed by atoms with Gasteiger partial charge in [-0.05, 0) is 24.1 Å². The quantitative estimate of drug-likeness (QED) is 0.623. The van der Waals surface area contributed by atoms with E-state index in [1.54, 1.807) is 12.1 Å². The summed E-state index contributed by atoms with van der Waals surface area (Å²) in [6, 6.07) is 5.39. The van der Waals surface area contributed by atoms with Crippen molar-refractivity contribution in [1.82, 2.24) is 10.6 Å². The second kappa shape index (κ2) is 4.25. The highest BCUT2D eigenvalue weighted by molar-refractivity contribution is 6.16. The zero-order valence-corrected chi connectivity index (χ0v) is 8.77. The van der Waals surface area contributed by atoms with E-state index in [4.69, 9.17) is 5.11 Å². The second-order valence-corrected chi connectivity index (χ2v) is 3.73. The van der Waals surface area contributed by atoms with Crippen LogP contribution in [0.2, 0.25) is 0 Å². The number of hydrogen-bond donors (Lipinski definition) is 3. The molecule has 1 aliphatic rings. The summed E-state index contributed by atoms with van der Waals surface area (Å²) in [6.07, 6.45) is 0.186. The van der Waals surface area contributed by atoms with Crippen molar-refractivity contribution in [2.24, 2.45) is 5.92 Å². The van der Waals surface area contributed by atoms with Gasteiger partial charge in [-0.3, -0.25) is 20.2 Å². The molecule has 4 amide bonds. The molecule has 6 heteroatoms. The minimum atomic E-state index is -0.919. The predicted molar refractivity (Wildman–Crippen MR) is 57.0 cm³/mol. The summed E-state index contributed by atoms with van der Waals surface area (Å²) in [5, 5.41) is 13.2. The number of aromatic hydroxyl groups is 1. The summed E-state index contributed by atoms with van der Waals surface area (Å²) in [5.41, 5.74) is 0.729. The van der Waals surface area contributed by atoms with Crippen molar-refractivity contribution in [3.8, 4) is 5.75 Å². The first kappa shape index (κ1) is 11.1. The van der Waals surface area contributed by atoms with Crippen molar-refractivity contribution in [2.75, 3.05) is 0 Å². The van der Waals surface area contributed by atoms with Crippen LogP contribution < -0.4 is 10.6 Å². The number of imide groups is 2. The van der Waals surface area contributed by atoms with Crippen LogP contribution in [0.4, 0.5) is 4.79 Å². The van der Waals surface area contributed by atoms with Crippen LogP contribution in [0.3, 0.4) is 0 Å². The molecule has 88 valence electrons. The van der Waals surface area contributed by atoms with E-state index in [1.165, 1.54) is 12.1 Å². The van der Waals surface area contributed by atoms with Crippen LogP contribution >= 0.6 is 0 Å². The fraction of sp³-hybridized carbons (Fsp3) is 0.182. The third kappa shape index (κ3) is 2.41. The first-order chi connectivity index (χ1) is 8.06. The third-order valence-corrected chi connectivity index (χ3v) is 2.48. The fourth-order valence-electron chi connectivity index (χ4n) is 1.60. The predicted octanol–water partition coefficient (Wildman–Crippen LogP) is -0.0831. The number of benzene rings is 1. The number of amides is 4. The van der Waals surface area contributed by atoms with E-state index in [0.29, 0.717) is 0 Å². The molecule has 0 aliphatic carbocycles. The van der Waals surface area contributed by atoms with E-state index in [-0.39, 0.29) is 12.2 Å². The summed E-state index contributed by atoms with van der Waals surface area (Å²) in [4.78, 5) is 33.7. The van der Waals surface area contributed by atoms with Gasteiger partial charge in [0.2, 0.25) is 11.8 Å². The summed E-state index contributed by atoms with van der Waals surface area (Å²) in [6.45, 7) is 0. The first-order valence-electron chi connectivity index (χ1n) is 5.00. The molecular weight excluding hydrogens is 224 g/mol. The van der Waals surface area contributed by atoms with Crippen LogP contribution in [0.5, 0.6) is 5.75 Å². The van der Waals surface area contributed by atoms with E-state index >= 15 is 0 Å². The number of carbonyl (C=O) groups is 3. The summed E-state index contributed by atoms with van der Waals surface area (Å²) < 4.78 is 0. The lowest BCUT2D eigenvalue weighted by Crippen LogP contribution is -2.56. The van der Waals surface area contributed by atoms with Gasteiger partial charge in [-0.15, -0.1) is 0 Å². The molecule has 0 aromatic heterocycles. The van der Waals surface area contributed by atoms with Crippen molar-refractivity contribution in [3.63, 3.8) is 0 Å². The Labute approximate surface area is 96.6 Å². The van der Waals surface area contributed by atoms with Crippen molar-refractivity contribution in [2.45, 2.75) is 6.42 Å².